The number of fused-ring (bicyclic) bond motifs is 1. The molecule has 4 heteroatoms. The van der Waals surface area contributed by atoms with Gasteiger partial charge in [0.15, 0.2) is 5.78 Å². The van der Waals surface area contributed by atoms with Gasteiger partial charge in [-0.05, 0) is 23.3 Å². The van der Waals surface area contributed by atoms with E-state index in [-0.39, 0.29) is 5.78 Å². The largest absolute Gasteiger partial charge is 0.478 e. The van der Waals surface area contributed by atoms with E-state index in [0.29, 0.717) is 18.8 Å². The van der Waals surface area contributed by atoms with Crippen molar-refractivity contribution in [2.24, 2.45) is 0 Å². The fraction of sp³-hybridized carbons (Fsp3) is 0.167. The molecular weight excluding hydrogens is 208 g/mol. The van der Waals surface area contributed by atoms with Gasteiger partial charge in [-0.25, -0.2) is 4.79 Å². The summed E-state index contributed by atoms with van der Waals surface area (Å²) in [6, 6.07) is 5.27. The molecule has 1 aromatic carbocycles. The SMILES string of the molecule is O=C(O)C=CC(=O)c1ccc2c(c1)COC2. The average Bonchev–Trinajstić information content (AvgIpc) is 2.72. The number of ketones is 1. The first-order valence-electron chi connectivity index (χ1n) is 4.82. The molecule has 1 aliphatic rings. The predicted octanol–water partition coefficient (Wildman–Crippen LogP) is 1.54. The third-order valence-electron chi connectivity index (χ3n) is 2.38. The number of aliphatic carboxylic acids is 1. The molecule has 0 unspecified atom stereocenters. The molecule has 0 saturated heterocycles. The normalized spacial score (nSPS) is 14.0. The highest BCUT2D eigenvalue weighted by Gasteiger charge is 2.13. The number of ether oxygens (including phenoxy) is 1. The van der Waals surface area contributed by atoms with Crippen molar-refractivity contribution in [3.8, 4) is 0 Å². The van der Waals surface area contributed by atoms with Gasteiger partial charge in [0, 0.05) is 11.6 Å². The molecule has 1 N–H and O–H groups in total. The van der Waals surface area contributed by atoms with Gasteiger partial charge in [0.1, 0.15) is 0 Å². The molecule has 0 aliphatic carbocycles. The molecule has 2 rings (SSSR count). The number of allylic oxidation sites excluding steroid dienone is 1. The molecule has 82 valence electrons. The first-order valence-corrected chi connectivity index (χ1v) is 4.82. The maximum Gasteiger partial charge on any atom is 0.328 e. The lowest BCUT2D eigenvalue weighted by molar-refractivity contribution is -0.131. The summed E-state index contributed by atoms with van der Waals surface area (Å²) in [6.45, 7) is 1.09. The van der Waals surface area contributed by atoms with Crippen LogP contribution in [0.1, 0.15) is 21.5 Å². The van der Waals surface area contributed by atoms with E-state index in [1.165, 1.54) is 0 Å². The van der Waals surface area contributed by atoms with E-state index in [1.54, 1.807) is 12.1 Å². The number of carbonyl (C=O) groups excluding carboxylic acids is 1. The Balaban J connectivity index is 2.21. The van der Waals surface area contributed by atoms with Gasteiger partial charge in [0.25, 0.3) is 0 Å². The Bertz CT molecular complexity index is 474. The molecule has 1 aromatic rings. The third kappa shape index (κ3) is 2.17. The van der Waals surface area contributed by atoms with Crippen molar-refractivity contribution in [1.29, 1.82) is 0 Å². The fourth-order valence-corrected chi connectivity index (χ4v) is 1.57. The Labute approximate surface area is 92.2 Å². The first-order chi connectivity index (χ1) is 7.66. The second-order valence-electron chi connectivity index (χ2n) is 3.51. The monoisotopic (exact) mass is 218 g/mol. The zero-order valence-electron chi connectivity index (χ0n) is 8.47. The van der Waals surface area contributed by atoms with Gasteiger partial charge in [0.05, 0.1) is 13.2 Å². The summed E-state index contributed by atoms with van der Waals surface area (Å²) in [4.78, 5) is 21.8. The molecule has 4 nitrogen and oxygen atoms in total. The number of rotatable bonds is 3. The van der Waals surface area contributed by atoms with E-state index in [9.17, 15) is 9.59 Å². The highest BCUT2D eigenvalue weighted by Crippen LogP contribution is 2.21. The highest BCUT2D eigenvalue weighted by atomic mass is 16.5. The van der Waals surface area contributed by atoms with E-state index in [2.05, 4.69) is 0 Å². The fourth-order valence-electron chi connectivity index (χ4n) is 1.57. The Morgan fingerprint density at radius 3 is 2.69 bits per heavy atom. The molecule has 0 aromatic heterocycles. The Morgan fingerprint density at radius 2 is 1.94 bits per heavy atom. The van der Waals surface area contributed by atoms with Crippen molar-refractivity contribution in [2.75, 3.05) is 0 Å². The minimum atomic E-state index is -1.13. The van der Waals surface area contributed by atoms with Crippen LogP contribution in [0.2, 0.25) is 0 Å². The molecular formula is C12H10O4. The summed E-state index contributed by atoms with van der Waals surface area (Å²) >= 11 is 0. The van der Waals surface area contributed by atoms with Crippen LogP contribution in [0.5, 0.6) is 0 Å². The maximum absolute atomic E-state index is 11.6. The lowest BCUT2D eigenvalue weighted by atomic mass is 10.0. The lowest BCUT2D eigenvalue weighted by Gasteiger charge is -1.99. The van der Waals surface area contributed by atoms with Crippen molar-refractivity contribution in [3.05, 3.63) is 47.0 Å². The van der Waals surface area contributed by atoms with Crippen LogP contribution in [0, 0.1) is 0 Å². The smallest absolute Gasteiger partial charge is 0.328 e. The summed E-state index contributed by atoms with van der Waals surface area (Å²) in [5.74, 6) is -1.44. The van der Waals surface area contributed by atoms with Gasteiger partial charge in [-0.3, -0.25) is 4.79 Å². The molecule has 0 bridgehead atoms. The standard InChI is InChI=1S/C12H10O4/c13-11(3-4-12(14)15)8-1-2-9-6-16-7-10(9)5-8/h1-5H,6-7H2,(H,14,15). The summed E-state index contributed by atoms with van der Waals surface area (Å²) in [7, 11) is 0. The second kappa shape index (κ2) is 4.28. The maximum atomic E-state index is 11.6. The highest BCUT2D eigenvalue weighted by molar-refractivity contribution is 6.06. The number of benzene rings is 1. The van der Waals surface area contributed by atoms with Crippen molar-refractivity contribution >= 4 is 11.8 Å². The van der Waals surface area contributed by atoms with Crippen molar-refractivity contribution in [3.63, 3.8) is 0 Å². The Morgan fingerprint density at radius 1 is 1.19 bits per heavy atom. The second-order valence-corrected chi connectivity index (χ2v) is 3.51. The van der Waals surface area contributed by atoms with Gasteiger partial charge in [-0.2, -0.15) is 0 Å². The predicted molar refractivity (Wildman–Crippen MR) is 56.0 cm³/mol. The summed E-state index contributed by atoms with van der Waals surface area (Å²) < 4.78 is 5.22. The minimum absolute atomic E-state index is 0.308. The molecule has 0 spiro atoms. The molecule has 16 heavy (non-hydrogen) atoms. The zero-order valence-corrected chi connectivity index (χ0v) is 8.47. The van der Waals surface area contributed by atoms with Gasteiger partial charge < -0.3 is 9.84 Å². The molecule has 1 heterocycles. The summed E-state index contributed by atoms with van der Waals surface area (Å²) in [6.07, 6.45) is 1.89. The van der Waals surface area contributed by atoms with Gasteiger partial charge in [-0.1, -0.05) is 12.1 Å². The number of carbonyl (C=O) groups is 2. The summed E-state index contributed by atoms with van der Waals surface area (Å²) in [5, 5.41) is 8.41. The minimum Gasteiger partial charge on any atom is -0.478 e. The van der Waals surface area contributed by atoms with Crippen molar-refractivity contribution < 1.29 is 19.4 Å². The molecule has 0 atom stereocenters. The quantitative estimate of drug-likeness (QED) is 0.617. The van der Waals surface area contributed by atoms with Crippen LogP contribution in [-0.4, -0.2) is 16.9 Å². The lowest BCUT2D eigenvalue weighted by Crippen LogP contribution is -1.98. The van der Waals surface area contributed by atoms with Crippen LogP contribution in [0.4, 0.5) is 0 Å². The average molecular weight is 218 g/mol. The molecule has 0 fully saturated rings. The first kappa shape index (κ1) is 10.6. The van der Waals surface area contributed by atoms with Crippen LogP contribution in [0.15, 0.2) is 30.4 Å². The third-order valence-corrected chi connectivity index (χ3v) is 2.38. The van der Waals surface area contributed by atoms with Crippen LogP contribution < -0.4 is 0 Å². The van der Waals surface area contributed by atoms with Crippen LogP contribution in [-0.2, 0) is 22.7 Å². The Hall–Kier alpha value is -1.94. The van der Waals surface area contributed by atoms with Crippen molar-refractivity contribution in [2.45, 2.75) is 13.2 Å². The van der Waals surface area contributed by atoms with E-state index < -0.39 is 5.97 Å². The van der Waals surface area contributed by atoms with E-state index in [1.807, 2.05) is 6.07 Å². The van der Waals surface area contributed by atoms with E-state index in [0.717, 1.165) is 23.3 Å². The molecule has 0 radical (unpaired) electrons. The van der Waals surface area contributed by atoms with Crippen LogP contribution in [0.25, 0.3) is 0 Å². The van der Waals surface area contributed by atoms with Gasteiger partial charge in [0.2, 0.25) is 0 Å². The van der Waals surface area contributed by atoms with Crippen LogP contribution >= 0.6 is 0 Å². The topological polar surface area (TPSA) is 63.6 Å². The zero-order chi connectivity index (χ0) is 11.5. The number of carboxylic acids is 1. The van der Waals surface area contributed by atoms with E-state index >= 15 is 0 Å². The van der Waals surface area contributed by atoms with E-state index in [4.69, 9.17) is 9.84 Å². The van der Waals surface area contributed by atoms with Crippen molar-refractivity contribution in [1.82, 2.24) is 0 Å². The van der Waals surface area contributed by atoms with Gasteiger partial charge in [-0.15, -0.1) is 0 Å². The number of hydrogen-bond donors (Lipinski definition) is 1. The Kier molecular flexibility index (Phi) is 2.83. The molecule has 1 aliphatic heterocycles. The number of carboxylic acid groups (broad SMARTS) is 1. The van der Waals surface area contributed by atoms with Crippen LogP contribution in [0.3, 0.4) is 0 Å². The summed E-state index contributed by atoms with van der Waals surface area (Å²) in [5.41, 5.74) is 2.56. The molecule has 0 amide bonds. The number of hydrogen-bond acceptors (Lipinski definition) is 3. The van der Waals surface area contributed by atoms with Gasteiger partial charge >= 0.3 is 5.97 Å². The molecule has 0 saturated carbocycles.